The van der Waals surface area contributed by atoms with Crippen LogP contribution in [0.25, 0.3) is 17.2 Å². The van der Waals surface area contributed by atoms with Crippen LogP contribution in [0.2, 0.25) is 0 Å². The summed E-state index contributed by atoms with van der Waals surface area (Å²) in [7, 11) is 0. The molecule has 1 amide bonds. The molecule has 0 aliphatic carbocycles. The van der Waals surface area contributed by atoms with Crippen molar-refractivity contribution in [3.63, 3.8) is 0 Å². The topological polar surface area (TPSA) is 118 Å². The molecule has 4 heterocycles. The van der Waals surface area contributed by atoms with Gasteiger partial charge >= 0.3 is 0 Å². The monoisotopic (exact) mass is 375 g/mol. The van der Waals surface area contributed by atoms with E-state index in [-0.39, 0.29) is 11.6 Å². The van der Waals surface area contributed by atoms with E-state index in [1.165, 1.54) is 6.20 Å². The third-order valence-electron chi connectivity index (χ3n) is 4.30. The Balaban J connectivity index is 1.57. The van der Waals surface area contributed by atoms with Crippen molar-refractivity contribution >= 4 is 11.7 Å². The molecule has 1 atom stereocenters. The first-order valence-electron chi connectivity index (χ1n) is 8.76. The van der Waals surface area contributed by atoms with Crippen LogP contribution in [0.15, 0.2) is 60.2 Å². The number of amides is 1. The van der Waals surface area contributed by atoms with Crippen molar-refractivity contribution in [2.24, 2.45) is 0 Å². The maximum absolute atomic E-state index is 12.6. The van der Waals surface area contributed by atoms with Crippen molar-refractivity contribution in [1.29, 1.82) is 0 Å². The van der Waals surface area contributed by atoms with Crippen molar-refractivity contribution in [3.8, 4) is 11.4 Å². The Morgan fingerprint density at radius 1 is 1.25 bits per heavy atom. The molecule has 0 fully saturated rings. The van der Waals surface area contributed by atoms with Crippen LogP contribution >= 0.6 is 0 Å². The first-order valence-corrected chi connectivity index (χ1v) is 8.76. The minimum Gasteiger partial charge on any atom is -0.343 e. The predicted molar refractivity (Wildman–Crippen MR) is 102 cm³/mol. The highest BCUT2D eigenvalue weighted by Gasteiger charge is 2.20. The first-order chi connectivity index (χ1) is 13.7. The number of hydrogen-bond acceptors (Lipinski definition) is 6. The van der Waals surface area contributed by atoms with Gasteiger partial charge in [0.1, 0.15) is 11.4 Å². The minimum absolute atomic E-state index is 0.0621. The van der Waals surface area contributed by atoms with Gasteiger partial charge in [-0.15, -0.1) is 0 Å². The van der Waals surface area contributed by atoms with Crippen molar-refractivity contribution in [3.05, 3.63) is 77.0 Å². The van der Waals surface area contributed by atoms with Gasteiger partial charge in [0.15, 0.2) is 0 Å². The number of H-pyrrole nitrogens is 1. The van der Waals surface area contributed by atoms with Crippen LogP contribution in [0.5, 0.6) is 0 Å². The molecule has 4 aromatic heterocycles. The second kappa shape index (κ2) is 7.39. The first kappa shape index (κ1) is 17.5. The molecule has 9 heteroatoms. The quantitative estimate of drug-likeness (QED) is 0.549. The summed E-state index contributed by atoms with van der Waals surface area (Å²) in [5.41, 5.74) is 0.756. The normalized spacial score (nSPS) is 12.0. The number of imidazole rings is 1. The molecule has 0 bridgehead atoms. The van der Waals surface area contributed by atoms with Gasteiger partial charge in [0.25, 0.3) is 11.5 Å². The highest BCUT2D eigenvalue weighted by atomic mass is 16.2. The number of carbonyl (C=O) groups excluding carboxylic acids is 1. The third-order valence-corrected chi connectivity index (χ3v) is 4.30. The molecular formula is C19H17N7O2. The second-order valence-corrected chi connectivity index (χ2v) is 6.14. The molecule has 4 aromatic rings. The van der Waals surface area contributed by atoms with E-state index in [2.05, 4.69) is 30.2 Å². The van der Waals surface area contributed by atoms with Gasteiger partial charge in [-0.2, -0.15) is 0 Å². The largest absolute Gasteiger partial charge is 0.343 e. The average molecular weight is 375 g/mol. The van der Waals surface area contributed by atoms with Crippen LogP contribution in [0.1, 0.15) is 35.4 Å². The van der Waals surface area contributed by atoms with Crippen molar-refractivity contribution in [1.82, 2.24) is 34.6 Å². The number of aromatic nitrogens is 6. The summed E-state index contributed by atoms with van der Waals surface area (Å²) >= 11 is 0. The molecule has 4 rings (SSSR count). The molecule has 0 spiro atoms. The van der Waals surface area contributed by atoms with E-state index in [0.29, 0.717) is 29.3 Å². The Bertz CT molecular complexity index is 1150. The molecule has 0 saturated carbocycles. The second-order valence-electron chi connectivity index (χ2n) is 6.14. The smallest absolute Gasteiger partial charge is 0.264 e. The van der Waals surface area contributed by atoms with Crippen LogP contribution in [-0.2, 0) is 0 Å². The number of nitrogens with zero attached hydrogens (tertiary/aromatic N) is 5. The van der Waals surface area contributed by atoms with E-state index in [4.69, 9.17) is 0 Å². The SMILES string of the molecule is CCC(NC(=O)c1cnc(-c2cccnc2)[nH]c1=O)c1cn2cccnc2n1. The Morgan fingerprint density at radius 3 is 2.86 bits per heavy atom. The summed E-state index contributed by atoms with van der Waals surface area (Å²) in [6.07, 6.45) is 10.4. The summed E-state index contributed by atoms with van der Waals surface area (Å²) in [5.74, 6) is 0.391. The fourth-order valence-electron chi connectivity index (χ4n) is 2.84. The van der Waals surface area contributed by atoms with E-state index in [1.807, 2.05) is 19.3 Å². The van der Waals surface area contributed by atoms with Gasteiger partial charge in [0, 0.05) is 42.7 Å². The fourth-order valence-corrected chi connectivity index (χ4v) is 2.84. The Kier molecular flexibility index (Phi) is 4.63. The van der Waals surface area contributed by atoms with Crippen LogP contribution in [0.3, 0.4) is 0 Å². The van der Waals surface area contributed by atoms with E-state index >= 15 is 0 Å². The molecule has 0 radical (unpaired) electrons. The molecule has 1 unspecified atom stereocenters. The molecule has 9 nitrogen and oxygen atoms in total. The molecule has 0 aliphatic rings. The van der Waals surface area contributed by atoms with Crippen LogP contribution in [0, 0.1) is 0 Å². The zero-order valence-corrected chi connectivity index (χ0v) is 15.0. The van der Waals surface area contributed by atoms with Gasteiger partial charge in [-0.25, -0.2) is 15.0 Å². The zero-order chi connectivity index (χ0) is 19.5. The zero-order valence-electron chi connectivity index (χ0n) is 15.0. The lowest BCUT2D eigenvalue weighted by Gasteiger charge is -2.14. The maximum atomic E-state index is 12.6. The number of pyridine rings is 1. The van der Waals surface area contributed by atoms with Gasteiger partial charge in [-0.05, 0) is 24.6 Å². The van der Waals surface area contributed by atoms with E-state index < -0.39 is 11.5 Å². The number of aromatic amines is 1. The molecule has 0 aromatic carbocycles. The van der Waals surface area contributed by atoms with Gasteiger partial charge in [-0.3, -0.25) is 19.0 Å². The van der Waals surface area contributed by atoms with E-state index in [9.17, 15) is 9.59 Å². The third kappa shape index (κ3) is 3.37. The highest BCUT2D eigenvalue weighted by Crippen LogP contribution is 2.16. The van der Waals surface area contributed by atoms with Gasteiger partial charge in [0.05, 0.1) is 11.7 Å². The van der Waals surface area contributed by atoms with Crippen LogP contribution in [-0.4, -0.2) is 35.2 Å². The van der Waals surface area contributed by atoms with E-state index in [0.717, 1.165) is 0 Å². The maximum Gasteiger partial charge on any atom is 0.264 e. The van der Waals surface area contributed by atoms with Gasteiger partial charge in [-0.1, -0.05) is 6.92 Å². The number of hydrogen-bond donors (Lipinski definition) is 2. The van der Waals surface area contributed by atoms with E-state index in [1.54, 1.807) is 41.2 Å². The fraction of sp³-hybridized carbons (Fsp3) is 0.158. The molecule has 140 valence electrons. The summed E-state index contributed by atoms with van der Waals surface area (Å²) in [6, 6.07) is 4.96. The minimum atomic E-state index is -0.516. The van der Waals surface area contributed by atoms with Crippen LogP contribution in [0.4, 0.5) is 0 Å². The lowest BCUT2D eigenvalue weighted by Crippen LogP contribution is -2.33. The number of carbonyl (C=O) groups is 1. The lowest BCUT2D eigenvalue weighted by atomic mass is 10.1. The van der Waals surface area contributed by atoms with Gasteiger partial charge in [0.2, 0.25) is 5.78 Å². The van der Waals surface area contributed by atoms with Crippen LogP contribution < -0.4 is 10.9 Å². The molecule has 2 N–H and O–H groups in total. The van der Waals surface area contributed by atoms with Crippen molar-refractivity contribution in [2.45, 2.75) is 19.4 Å². The summed E-state index contributed by atoms with van der Waals surface area (Å²) in [4.78, 5) is 44.5. The summed E-state index contributed by atoms with van der Waals surface area (Å²) in [6.45, 7) is 1.93. The van der Waals surface area contributed by atoms with Gasteiger partial charge < -0.3 is 10.3 Å². The lowest BCUT2D eigenvalue weighted by molar-refractivity contribution is 0.0933. The Labute approximate surface area is 159 Å². The predicted octanol–water partition coefficient (Wildman–Crippen LogP) is 1.76. The standard InChI is InChI=1S/C19H17N7O2/c1-2-14(15-11-26-8-4-7-21-19(26)24-15)23-17(27)13-10-22-16(25-18(13)28)12-5-3-6-20-9-12/h3-11,14H,2H2,1H3,(H,23,27)(H,22,25,28). The van der Waals surface area contributed by atoms with Crippen molar-refractivity contribution in [2.75, 3.05) is 0 Å². The molecule has 28 heavy (non-hydrogen) atoms. The summed E-state index contributed by atoms with van der Waals surface area (Å²) < 4.78 is 1.78. The number of nitrogens with one attached hydrogen (secondary N) is 2. The molecular weight excluding hydrogens is 358 g/mol. The average Bonchev–Trinajstić information content (AvgIpc) is 3.16. The number of fused-ring (bicyclic) bond motifs is 1. The molecule has 0 saturated heterocycles. The molecule has 0 aliphatic heterocycles. The highest BCUT2D eigenvalue weighted by molar-refractivity contribution is 5.93. The Hall–Kier alpha value is -3.88. The Morgan fingerprint density at radius 2 is 2.14 bits per heavy atom. The van der Waals surface area contributed by atoms with Crippen molar-refractivity contribution < 1.29 is 4.79 Å². The summed E-state index contributed by atoms with van der Waals surface area (Å²) in [5, 5.41) is 2.85. The number of rotatable bonds is 5.